The molecule has 0 radical (unpaired) electrons. The lowest BCUT2D eigenvalue weighted by Crippen LogP contribution is -2.18. The Kier molecular flexibility index (Phi) is 2.84. The smallest absolute Gasteiger partial charge is 0.0991 e. The largest absolute Gasteiger partial charge is 0.344 e. The lowest BCUT2D eigenvalue weighted by Gasteiger charge is -2.28. The molecule has 1 aromatic rings. The van der Waals surface area contributed by atoms with Crippen LogP contribution in [0.2, 0.25) is 0 Å². The highest BCUT2D eigenvalue weighted by molar-refractivity contribution is 5.70. The monoisotopic (exact) mass is 222 g/mol. The fourth-order valence-electron chi connectivity index (χ4n) is 1.83. The summed E-state index contributed by atoms with van der Waals surface area (Å²) in [6.07, 6.45) is 4.14. The Morgan fingerprint density at radius 1 is 1.18 bits per heavy atom. The number of rotatable bonds is 1. The van der Waals surface area contributed by atoms with E-state index in [9.17, 15) is 0 Å². The molecule has 0 saturated heterocycles. The molecule has 2 nitrogen and oxygen atoms in total. The molecule has 84 valence electrons. The van der Waals surface area contributed by atoms with Gasteiger partial charge >= 0.3 is 0 Å². The molecule has 0 unspecified atom stereocenters. The van der Waals surface area contributed by atoms with Crippen molar-refractivity contribution in [3.63, 3.8) is 0 Å². The van der Waals surface area contributed by atoms with Crippen LogP contribution < -0.4 is 0 Å². The fourth-order valence-corrected chi connectivity index (χ4v) is 1.83. The molecule has 1 aromatic carbocycles. The van der Waals surface area contributed by atoms with E-state index >= 15 is 0 Å². The van der Waals surface area contributed by atoms with Gasteiger partial charge in [-0.15, -0.1) is 0 Å². The molecule has 0 N–H and O–H groups in total. The number of likely N-dealkylation sites (N-methyl/N-ethyl adjacent to an activating group) is 1. The van der Waals surface area contributed by atoms with Crippen LogP contribution >= 0.6 is 0 Å². The van der Waals surface area contributed by atoms with Gasteiger partial charge in [-0.1, -0.05) is 24.8 Å². The average Bonchev–Trinajstić information content (AvgIpc) is 2.36. The molecule has 2 heteroatoms. The topological polar surface area (TPSA) is 27.0 Å². The molecule has 0 saturated carbocycles. The Morgan fingerprint density at radius 2 is 1.82 bits per heavy atom. The van der Waals surface area contributed by atoms with Gasteiger partial charge in [-0.3, -0.25) is 0 Å². The van der Waals surface area contributed by atoms with Crippen LogP contribution in [-0.4, -0.2) is 11.9 Å². The third-order valence-electron chi connectivity index (χ3n) is 3.02. The zero-order valence-electron chi connectivity index (χ0n) is 10.1. The summed E-state index contributed by atoms with van der Waals surface area (Å²) >= 11 is 0. The minimum absolute atomic E-state index is 0.679. The van der Waals surface area contributed by atoms with E-state index in [1.807, 2.05) is 38.2 Å². The number of allylic oxidation sites excluding steroid dienone is 3. The van der Waals surface area contributed by atoms with Crippen molar-refractivity contribution in [2.75, 3.05) is 7.05 Å². The highest BCUT2D eigenvalue weighted by Gasteiger charge is 2.14. The first-order chi connectivity index (χ1) is 8.13. The number of nitriles is 1. The first-order valence-corrected chi connectivity index (χ1v) is 5.45. The number of hydrogen-bond donors (Lipinski definition) is 0. The molecule has 17 heavy (non-hydrogen) atoms. The van der Waals surface area contributed by atoms with Gasteiger partial charge in [-0.2, -0.15) is 5.26 Å². The zero-order valence-corrected chi connectivity index (χ0v) is 10.1. The van der Waals surface area contributed by atoms with Crippen molar-refractivity contribution >= 4 is 5.70 Å². The standard InChI is InChI=1S/C15H14N2/c1-11-4-9-15(17(3)12(11)2)14-7-5-13(10-16)6-8-14/h4-9H,2H2,1,3H3. The van der Waals surface area contributed by atoms with Crippen LogP contribution in [-0.2, 0) is 0 Å². The quantitative estimate of drug-likeness (QED) is 0.729. The van der Waals surface area contributed by atoms with Gasteiger partial charge in [0.15, 0.2) is 0 Å². The molecule has 0 amide bonds. The Morgan fingerprint density at radius 3 is 2.41 bits per heavy atom. The van der Waals surface area contributed by atoms with Crippen molar-refractivity contribution in [1.82, 2.24) is 4.90 Å². The number of hydrogen-bond acceptors (Lipinski definition) is 2. The third-order valence-corrected chi connectivity index (χ3v) is 3.02. The van der Waals surface area contributed by atoms with E-state index in [-0.39, 0.29) is 0 Å². The first kappa shape index (κ1) is 11.2. The predicted octanol–water partition coefficient (Wildman–Crippen LogP) is 3.30. The summed E-state index contributed by atoms with van der Waals surface area (Å²) < 4.78 is 0. The predicted molar refractivity (Wildman–Crippen MR) is 69.8 cm³/mol. The molecule has 2 rings (SSSR count). The van der Waals surface area contributed by atoms with E-state index in [2.05, 4.69) is 29.7 Å². The van der Waals surface area contributed by atoms with Gasteiger partial charge in [0.25, 0.3) is 0 Å². The second-order valence-electron chi connectivity index (χ2n) is 4.10. The van der Waals surface area contributed by atoms with Gasteiger partial charge in [-0.05, 0) is 36.3 Å². The van der Waals surface area contributed by atoms with Crippen molar-refractivity contribution < 1.29 is 0 Å². The second kappa shape index (κ2) is 4.31. The summed E-state index contributed by atoms with van der Waals surface area (Å²) in [5.74, 6) is 0. The summed E-state index contributed by atoms with van der Waals surface area (Å²) in [7, 11) is 2.00. The van der Waals surface area contributed by atoms with E-state index < -0.39 is 0 Å². The van der Waals surface area contributed by atoms with Gasteiger partial charge in [0.1, 0.15) is 0 Å². The average molecular weight is 222 g/mol. The van der Waals surface area contributed by atoms with Gasteiger partial charge in [0, 0.05) is 18.4 Å². The van der Waals surface area contributed by atoms with Crippen molar-refractivity contribution in [3.05, 3.63) is 65.4 Å². The lowest BCUT2D eigenvalue weighted by atomic mass is 10.0. The number of nitrogens with zero attached hydrogens (tertiary/aromatic N) is 2. The normalized spacial score (nSPS) is 15.1. The van der Waals surface area contributed by atoms with E-state index in [4.69, 9.17) is 5.26 Å². The van der Waals surface area contributed by atoms with E-state index in [1.54, 1.807) is 0 Å². The van der Waals surface area contributed by atoms with Gasteiger partial charge in [0.2, 0.25) is 0 Å². The Balaban J connectivity index is 2.40. The van der Waals surface area contributed by atoms with E-state index in [0.29, 0.717) is 5.56 Å². The summed E-state index contributed by atoms with van der Waals surface area (Å²) in [4.78, 5) is 2.07. The maximum Gasteiger partial charge on any atom is 0.0991 e. The van der Waals surface area contributed by atoms with Crippen molar-refractivity contribution in [2.45, 2.75) is 6.92 Å². The molecule has 0 aromatic heterocycles. The molecule has 0 aliphatic carbocycles. The van der Waals surface area contributed by atoms with E-state index in [0.717, 1.165) is 17.0 Å². The second-order valence-corrected chi connectivity index (χ2v) is 4.10. The highest BCUT2D eigenvalue weighted by Crippen LogP contribution is 2.28. The Labute approximate surface area is 102 Å². The summed E-state index contributed by atoms with van der Waals surface area (Å²) in [5, 5.41) is 8.77. The van der Waals surface area contributed by atoms with Crippen molar-refractivity contribution in [1.29, 1.82) is 5.26 Å². The minimum atomic E-state index is 0.679. The Hall–Kier alpha value is -2.27. The van der Waals surface area contributed by atoms with Crippen molar-refractivity contribution in [2.24, 2.45) is 0 Å². The molecular formula is C15H14N2. The van der Waals surface area contributed by atoms with Crippen LogP contribution in [0.5, 0.6) is 0 Å². The van der Waals surface area contributed by atoms with Gasteiger partial charge < -0.3 is 4.90 Å². The number of benzene rings is 1. The van der Waals surface area contributed by atoms with Crippen LogP contribution in [0.3, 0.4) is 0 Å². The van der Waals surface area contributed by atoms with Crippen molar-refractivity contribution in [3.8, 4) is 6.07 Å². The van der Waals surface area contributed by atoms with Crippen LogP contribution in [0.4, 0.5) is 0 Å². The molecular weight excluding hydrogens is 208 g/mol. The molecule has 1 aliphatic heterocycles. The van der Waals surface area contributed by atoms with Crippen LogP contribution in [0.25, 0.3) is 5.70 Å². The van der Waals surface area contributed by atoms with Crippen LogP contribution in [0.1, 0.15) is 18.1 Å². The first-order valence-electron chi connectivity index (χ1n) is 5.45. The minimum Gasteiger partial charge on any atom is -0.344 e. The molecule has 0 fully saturated rings. The maximum atomic E-state index is 8.77. The van der Waals surface area contributed by atoms with Crippen LogP contribution in [0.15, 0.2) is 54.3 Å². The SMILES string of the molecule is C=C1C(C)=CC=C(c2ccc(C#N)cc2)N1C. The van der Waals surface area contributed by atoms with Gasteiger partial charge in [-0.25, -0.2) is 0 Å². The zero-order chi connectivity index (χ0) is 12.4. The molecule has 0 spiro atoms. The van der Waals surface area contributed by atoms with Crippen LogP contribution in [0, 0.1) is 11.3 Å². The molecule has 0 bridgehead atoms. The van der Waals surface area contributed by atoms with Gasteiger partial charge in [0.05, 0.1) is 11.6 Å². The maximum absolute atomic E-state index is 8.77. The van der Waals surface area contributed by atoms with E-state index in [1.165, 1.54) is 5.57 Å². The summed E-state index contributed by atoms with van der Waals surface area (Å²) in [6.45, 7) is 6.10. The third kappa shape index (κ3) is 2.00. The highest BCUT2D eigenvalue weighted by atomic mass is 15.1. The molecule has 0 atom stereocenters. The Bertz CT molecular complexity index is 554. The summed E-state index contributed by atoms with van der Waals surface area (Å²) in [5.41, 5.74) is 5.05. The molecule has 1 heterocycles. The molecule has 1 aliphatic rings. The summed E-state index contributed by atoms with van der Waals surface area (Å²) in [6, 6.07) is 9.71. The lowest BCUT2D eigenvalue weighted by molar-refractivity contribution is 0.603. The fraction of sp³-hybridized carbons (Fsp3) is 0.133.